The maximum absolute atomic E-state index is 13.1. The highest BCUT2D eigenvalue weighted by Gasteiger charge is 2.43. The van der Waals surface area contributed by atoms with E-state index in [1.807, 2.05) is 0 Å². The first-order valence-electron chi connectivity index (χ1n) is 10.3. The molecule has 12 heteroatoms. The number of nitrogens with one attached hydrogen (secondary N) is 2. The highest BCUT2D eigenvalue weighted by atomic mass is 19.3. The van der Waals surface area contributed by atoms with Gasteiger partial charge in [0.2, 0.25) is 5.91 Å². The van der Waals surface area contributed by atoms with Gasteiger partial charge in [0.25, 0.3) is 5.91 Å². The molecule has 1 aliphatic rings. The monoisotopic (exact) mass is 494 g/mol. The first-order chi connectivity index (χ1) is 16.3. The third kappa shape index (κ3) is 6.08. The Bertz CT molecular complexity index is 1160. The molecule has 0 radical (unpaired) electrons. The number of carbonyl (C=O) groups is 3. The van der Waals surface area contributed by atoms with Gasteiger partial charge in [-0.25, -0.2) is 4.79 Å². The Kier molecular flexibility index (Phi) is 7.04. The van der Waals surface area contributed by atoms with E-state index in [1.165, 1.54) is 38.5 Å². The molecule has 188 valence electrons. The van der Waals surface area contributed by atoms with Crippen molar-refractivity contribution in [1.29, 1.82) is 0 Å². The van der Waals surface area contributed by atoms with Crippen LogP contribution in [-0.4, -0.2) is 44.9 Å². The predicted molar refractivity (Wildman–Crippen MR) is 119 cm³/mol. The molecule has 1 heterocycles. The van der Waals surface area contributed by atoms with E-state index in [4.69, 9.17) is 14.2 Å². The minimum absolute atomic E-state index is 0.0710. The molecular weight excluding hydrogens is 470 g/mol. The van der Waals surface area contributed by atoms with Gasteiger partial charge >= 0.3 is 12.3 Å². The van der Waals surface area contributed by atoms with Crippen molar-refractivity contribution in [2.45, 2.75) is 27.1 Å². The number of esters is 1. The van der Waals surface area contributed by atoms with Crippen molar-refractivity contribution in [3.63, 3.8) is 0 Å². The number of benzene rings is 2. The standard InChI is InChI=1S/C23H24F2N2O8/c1-22(2,3)21(30)27-14-10-17(32-5)16(31-4)9-13(14)20(29)33-11-19(28)26-12-6-7-15-18(8-12)35-23(24,25)34-15/h6-10H,11H2,1-5H3,(H,26,28)(H,27,30). The summed E-state index contributed by atoms with van der Waals surface area (Å²) >= 11 is 0. The Morgan fingerprint density at radius 2 is 1.57 bits per heavy atom. The minimum atomic E-state index is -3.79. The number of hydrogen-bond donors (Lipinski definition) is 2. The van der Waals surface area contributed by atoms with E-state index in [1.54, 1.807) is 20.8 Å². The van der Waals surface area contributed by atoms with Gasteiger partial charge in [-0.05, 0) is 12.1 Å². The van der Waals surface area contributed by atoms with Crippen molar-refractivity contribution in [2.75, 3.05) is 31.5 Å². The average molecular weight is 494 g/mol. The number of carbonyl (C=O) groups excluding carboxylic acids is 3. The lowest BCUT2D eigenvalue weighted by atomic mass is 9.95. The fraction of sp³-hybridized carbons (Fsp3) is 0.348. The van der Waals surface area contributed by atoms with Crippen LogP contribution in [0, 0.1) is 5.41 Å². The van der Waals surface area contributed by atoms with E-state index in [9.17, 15) is 23.2 Å². The molecule has 0 aliphatic carbocycles. The molecule has 0 fully saturated rings. The molecule has 3 rings (SSSR count). The molecule has 2 N–H and O–H groups in total. The van der Waals surface area contributed by atoms with Crippen molar-refractivity contribution in [3.8, 4) is 23.0 Å². The fourth-order valence-electron chi connectivity index (χ4n) is 2.89. The number of halogens is 2. The SMILES string of the molecule is COc1cc(NC(=O)C(C)(C)C)c(C(=O)OCC(=O)Nc2ccc3c(c2)OC(F)(F)O3)cc1OC. The molecular formula is C23H24F2N2O8. The van der Waals surface area contributed by atoms with Crippen LogP contribution in [0.15, 0.2) is 30.3 Å². The average Bonchev–Trinajstić information content (AvgIpc) is 3.09. The summed E-state index contributed by atoms with van der Waals surface area (Å²) in [4.78, 5) is 37.5. The zero-order valence-electron chi connectivity index (χ0n) is 19.6. The minimum Gasteiger partial charge on any atom is -0.493 e. The molecule has 0 aromatic heterocycles. The van der Waals surface area contributed by atoms with E-state index in [2.05, 4.69) is 20.1 Å². The lowest BCUT2D eigenvalue weighted by Gasteiger charge is -2.20. The second-order valence-corrected chi connectivity index (χ2v) is 8.41. The van der Waals surface area contributed by atoms with Crippen molar-refractivity contribution in [1.82, 2.24) is 0 Å². The molecule has 1 aliphatic heterocycles. The Balaban J connectivity index is 1.72. The summed E-state index contributed by atoms with van der Waals surface area (Å²) in [5.41, 5.74) is -0.610. The molecule has 2 aromatic rings. The van der Waals surface area contributed by atoms with Crippen LogP contribution in [0.2, 0.25) is 0 Å². The van der Waals surface area contributed by atoms with E-state index in [0.717, 1.165) is 6.07 Å². The van der Waals surface area contributed by atoms with Gasteiger partial charge in [-0.15, -0.1) is 8.78 Å². The molecule has 35 heavy (non-hydrogen) atoms. The van der Waals surface area contributed by atoms with Crippen LogP contribution in [0.4, 0.5) is 20.2 Å². The third-order valence-electron chi connectivity index (χ3n) is 4.69. The molecule has 0 bridgehead atoms. The Hall–Kier alpha value is -4.09. The van der Waals surface area contributed by atoms with Gasteiger partial charge in [0.1, 0.15) is 0 Å². The third-order valence-corrected chi connectivity index (χ3v) is 4.69. The lowest BCUT2D eigenvalue weighted by Crippen LogP contribution is -2.29. The van der Waals surface area contributed by atoms with Gasteiger partial charge in [-0.2, -0.15) is 0 Å². The summed E-state index contributed by atoms with van der Waals surface area (Å²) in [6.45, 7) is 4.39. The van der Waals surface area contributed by atoms with Gasteiger partial charge in [-0.1, -0.05) is 20.8 Å². The van der Waals surface area contributed by atoms with Crippen LogP contribution >= 0.6 is 0 Å². The van der Waals surface area contributed by atoms with Crippen LogP contribution in [0.5, 0.6) is 23.0 Å². The Morgan fingerprint density at radius 3 is 2.20 bits per heavy atom. The summed E-state index contributed by atoms with van der Waals surface area (Å²) in [5, 5.41) is 5.05. The summed E-state index contributed by atoms with van der Waals surface area (Å²) in [7, 11) is 2.77. The predicted octanol–water partition coefficient (Wildman–Crippen LogP) is 3.81. The first kappa shape index (κ1) is 25.5. The van der Waals surface area contributed by atoms with E-state index in [-0.39, 0.29) is 45.8 Å². The smallest absolute Gasteiger partial charge is 0.493 e. The number of hydrogen-bond acceptors (Lipinski definition) is 8. The summed E-state index contributed by atoms with van der Waals surface area (Å²) in [6, 6.07) is 6.38. The van der Waals surface area contributed by atoms with Crippen molar-refractivity contribution in [2.24, 2.45) is 5.41 Å². The van der Waals surface area contributed by atoms with Crippen molar-refractivity contribution in [3.05, 3.63) is 35.9 Å². The molecule has 2 amide bonds. The van der Waals surface area contributed by atoms with Gasteiger partial charge in [0.15, 0.2) is 29.6 Å². The number of ether oxygens (including phenoxy) is 5. The normalized spacial score (nSPS) is 13.6. The zero-order valence-corrected chi connectivity index (χ0v) is 19.6. The molecule has 0 spiro atoms. The molecule has 2 aromatic carbocycles. The van der Waals surface area contributed by atoms with E-state index in [0.29, 0.717) is 0 Å². The van der Waals surface area contributed by atoms with Gasteiger partial charge in [0.05, 0.1) is 25.5 Å². The topological polar surface area (TPSA) is 121 Å². The largest absolute Gasteiger partial charge is 0.586 e. The van der Waals surface area contributed by atoms with Crippen molar-refractivity contribution < 1.29 is 46.8 Å². The number of alkyl halides is 2. The molecule has 0 unspecified atom stereocenters. The molecule has 0 saturated carbocycles. The molecule has 0 atom stereocenters. The lowest BCUT2D eigenvalue weighted by molar-refractivity contribution is -0.286. The Labute approximate surface area is 199 Å². The second kappa shape index (κ2) is 9.65. The van der Waals surface area contributed by atoms with Gasteiger partial charge < -0.3 is 34.3 Å². The van der Waals surface area contributed by atoms with Gasteiger partial charge in [0, 0.05) is 29.3 Å². The zero-order chi connectivity index (χ0) is 26.0. The number of amides is 2. The molecule has 10 nitrogen and oxygen atoms in total. The summed E-state index contributed by atoms with van der Waals surface area (Å²) < 4.78 is 50.5. The summed E-state index contributed by atoms with van der Waals surface area (Å²) in [5.74, 6) is -2.01. The van der Waals surface area contributed by atoms with Crippen LogP contribution in [-0.2, 0) is 14.3 Å². The van der Waals surface area contributed by atoms with Crippen LogP contribution in [0.25, 0.3) is 0 Å². The number of anilines is 2. The number of methoxy groups -OCH3 is 2. The number of rotatable bonds is 7. The van der Waals surface area contributed by atoms with E-state index < -0.39 is 30.2 Å². The molecule has 0 saturated heterocycles. The summed E-state index contributed by atoms with van der Waals surface area (Å²) in [6.07, 6.45) is -3.79. The van der Waals surface area contributed by atoms with Gasteiger partial charge in [-0.3, -0.25) is 9.59 Å². The van der Waals surface area contributed by atoms with Crippen LogP contribution in [0.3, 0.4) is 0 Å². The Morgan fingerprint density at radius 1 is 0.943 bits per heavy atom. The second-order valence-electron chi connectivity index (χ2n) is 8.41. The first-order valence-corrected chi connectivity index (χ1v) is 10.3. The highest BCUT2D eigenvalue weighted by molar-refractivity contribution is 6.04. The van der Waals surface area contributed by atoms with E-state index >= 15 is 0 Å². The highest BCUT2D eigenvalue weighted by Crippen LogP contribution is 2.42. The maximum Gasteiger partial charge on any atom is 0.586 e. The van der Waals surface area contributed by atoms with Crippen molar-refractivity contribution >= 4 is 29.2 Å². The quantitative estimate of drug-likeness (QED) is 0.558. The number of fused-ring (bicyclic) bond motifs is 1. The van der Waals surface area contributed by atoms with Crippen LogP contribution in [0.1, 0.15) is 31.1 Å². The van der Waals surface area contributed by atoms with Crippen LogP contribution < -0.4 is 29.6 Å². The fourth-order valence-corrected chi connectivity index (χ4v) is 2.89. The maximum atomic E-state index is 13.1.